The lowest BCUT2D eigenvalue weighted by molar-refractivity contribution is 1.03. The summed E-state index contributed by atoms with van der Waals surface area (Å²) in [5, 5.41) is 0. The molecule has 0 atom stereocenters. The Kier molecular flexibility index (Phi) is 3.14. The maximum absolute atomic E-state index is 5.49. The van der Waals surface area contributed by atoms with Crippen LogP contribution in [0.1, 0.15) is 5.82 Å². The first-order valence-corrected chi connectivity index (χ1v) is 5.43. The summed E-state index contributed by atoms with van der Waals surface area (Å²) < 4.78 is 0. The molecule has 0 fully saturated rings. The minimum atomic E-state index is 0.537. The van der Waals surface area contributed by atoms with Gasteiger partial charge < -0.3 is 5.73 Å². The molecular formula is C10H10N4S. The number of rotatable bonds is 3. The number of thioether (sulfide) groups is 1. The van der Waals surface area contributed by atoms with Gasteiger partial charge in [-0.25, -0.2) is 15.0 Å². The van der Waals surface area contributed by atoms with Gasteiger partial charge in [0.2, 0.25) is 0 Å². The Morgan fingerprint density at radius 1 is 1.13 bits per heavy atom. The van der Waals surface area contributed by atoms with Gasteiger partial charge in [0, 0.05) is 23.5 Å². The number of pyridine rings is 1. The third-order valence-electron chi connectivity index (χ3n) is 1.75. The maximum Gasteiger partial charge on any atom is 0.138 e. The van der Waals surface area contributed by atoms with E-state index in [1.807, 2.05) is 6.07 Å². The molecule has 0 saturated heterocycles. The number of nitrogens with two attached hydrogens (primary N) is 1. The van der Waals surface area contributed by atoms with Crippen LogP contribution in [0.3, 0.4) is 0 Å². The van der Waals surface area contributed by atoms with Crippen LogP contribution in [0.5, 0.6) is 0 Å². The van der Waals surface area contributed by atoms with E-state index >= 15 is 0 Å². The summed E-state index contributed by atoms with van der Waals surface area (Å²) in [6.07, 6.45) is 5.23. The number of nitrogens with zero attached hydrogens (tertiary/aromatic N) is 3. The van der Waals surface area contributed by atoms with E-state index in [1.54, 1.807) is 42.5 Å². The lowest BCUT2D eigenvalue weighted by Gasteiger charge is -2.00. The van der Waals surface area contributed by atoms with Crippen LogP contribution < -0.4 is 5.73 Å². The molecule has 2 rings (SSSR count). The standard InChI is InChI=1S/C10H10N4S/c11-9-3-2-8(6-14-9)15-7-10-12-4-1-5-13-10/h1-6H,7H2,(H2,11,14). The normalized spacial score (nSPS) is 10.1. The molecular weight excluding hydrogens is 208 g/mol. The highest BCUT2D eigenvalue weighted by Gasteiger charge is 1.98. The molecule has 76 valence electrons. The zero-order valence-electron chi connectivity index (χ0n) is 8.00. The lowest BCUT2D eigenvalue weighted by Crippen LogP contribution is -1.91. The van der Waals surface area contributed by atoms with Crippen molar-refractivity contribution in [3.8, 4) is 0 Å². The summed E-state index contributed by atoms with van der Waals surface area (Å²) in [6.45, 7) is 0. The van der Waals surface area contributed by atoms with Gasteiger partial charge in [0.1, 0.15) is 11.6 Å². The van der Waals surface area contributed by atoms with Crippen molar-refractivity contribution in [3.63, 3.8) is 0 Å². The summed E-state index contributed by atoms with van der Waals surface area (Å²) in [7, 11) is 0. The molecule has 0 spiro atoms. The van der Waals surface area contributed by atoms with Crippen LogP contribution in [0.2, 0.25) is 0 Å². The third-order valence-corrected chi connectivity index (χ3v) is 2.72. The molecule has 0 aliphatic heterocycles. The Hall–Kier alpha value is -1.62. The van der Waals surface area contributed by atoms with Gasteiger partial charge >= 0.3 is 0 Å². The van der Waals surface area contributed by atoms with Gasteiger partial charge in [-0.1, -0.05) is 0 Å². The van der Waals surface area contributed by atoms with Crippen molar-refractivity contribution < 1.29 is 0 Å². The van der Waals surface area contributed by atoms with Crippen molar-refractivity contribution in [2.24, 2.45) is 0 Å². The van der Waals surface area contributed by atoms with Gasteiger partial charge in [0.15, 0.2) is 0 Å². The lowest BCUT2D eigenvalue weighted by atomic mass is 10.5. The van der Waals surface area contributed by atoms with Crippen molar-refractivity contribution in [3.05, 3.63) is 42.6 Å². The topological polar surface area (TPSA) is 64.7 Å². The first kappa shape index (κ1) is 9.92. The number of hydrogen-bond donors (Lipinski definition) is 1. The van der Waals surface area contributed by atoms with Gasteiger partial charge in [0.05, 0.1) is 5.75 Å². The Balaban J connectivity index is 1.96. The second kappa shape index (κ2) is 4.75. The molecule has 2 N–H and O–H groups in total. The van der Waals surface area contributed by atoms with Gasteiger partial charge in [-0.05, 0) is 18.2 Å². The van der Waals surface area contributed by atoms with E-state index in [2.05, 4.69) is 15.0 Å². The van der Waals surface area contributed by atoms with Crippen molar-refractivity contribution in [2.45, 2.75) is 10.6 Å². The van der Waals surface area contributed by atoms with Crippen molar-refractivity contribution in [1.82, 2.24) is 15.0 Å². The van der Waals surface area contributed by atoms with E-state index in [0.29, 0.717) is 5.82 Å². The molecule has 0 saturated carbocycles. The van der Waals surface area contributed by atoms with Crippen LogP contribution >= 0.6 is 11.8 Å². The van der Waals surface area contributed by atoms with Crippen molar-refractivity contribution >= 4 is 17.6 Å². The summed E-state index contributed by atoms with van der Waals surface area (Å²) in [5.74, 6) is 2.10. The van der Waals surface area contributed by atoms with E-state index < -0.39 is 0 Å². The van der Waals surface area contributed by atoms with Gasteiger partial charge in [-0.15, -0.1) is 11.8 Å². The Morgan fingerprint density at radius 3 is 2.60 bits per heavy atom. The summed E-state index contributed by atoms with van der Waals surface area (Å²) in [4.78, 5) is 13.3. The third kappa shape index (κ3) is 2.92. The molecule has 4 nitrogen and oxygen atoms in total. The molecule has 5 heteroatoms. The highest BCUT2D eigenvalue weighted by Crippen LogP contribution is 2.20. The van der Waals surface area contributed by atoms with E-state index in [-0.39, 0.29) is 0 Å². The fourth-order valence-electron chi connectivity index (χ4n) is 1.03. The number of nitrogen functional groups attached to an aromatic ring is 1. The Morgan fingerprint density at radius 2 is 1.93 bits per heavy atom. The van der Waals surface area contributed by atoms with Gasteiger partial charge in [-0.2, -0.15) is 0 Å². The predicted molar refractivity (Wildman–Crippen MR) is 60.2 cm³/mol. The second-order valence-electron chi connectivity index (χ2n) is 2.87. The molecule has 0 aliphatic carbocycles. The van der Waals surface area contributed by atoms with Crippen LogP contribution in [0.4, 0.5) is 5.82 Å². The highest BCUT2D eigenvalue weighted by molar-refractivity contribution is 7.98. The summed E-state index contributed by atoms with van der Waals surface area (Å²) in [5.41, 5.74) is 5.49. The zero-order chi connectivity index (χ0) is 10.5. The van der Waals surface area contributed by atoms with Crippen LogP contribution in [-0.4, -0.2) is 15.0 Å². The average Bonchev–Trinajstić information content (AvgIpc) is 2.30. The molecule has 2 aromatic rings. The molecule has 2 heterocycles. The van der Waals surface area contributed by atoms with E-state index in [9.17, 15) is 0 Å². The number of aromatic nitrogens is 3. The molecule has 0 unspecified atom stereocenters. The predicted octanol–water partition coefficient (Wildman–Crippen LogP) is 1.75. The van der Waals surface area contributed by atoms with Crippen molar-refractivity contribution in [2.75, 3.05) is 5.73 Å². The minimum Gasteiger partial charge on any atom is -0.384 e. The fraction of sp³-hybridized carbons (Fsp3) is 0.100. The average molecular weight is 218 g/mol. The van der Waals surface area contributed by atoms with Crippen LogP contribution in [0, 0.1) is 0 Å². The van der Waals surface area contributed by atoms with Gasteiger partial charge in [0.25, 0.3) is 0 Å². The molecule has 0 bridgehead atoms. The van der Waals surface area contributed by atoms with Crippen LogP contribution in [-0.2, 0) is 5.75 Å². The Bertz CT molecular complexity index is 415. The molecule has 2 aromatic heterocycles. The highest BCUT2D eigenvalue weighted by atomic mass is 32.2. The fourth-order valence-corrected chi connectivity index (χ4v) is 1.77. The molecule has 0 aliphatic rings. The smallest absolute Gasteiger partial charge is 0.138 e. The molecule has 0 aromatic carbocycles. The first-order chi connectivity index (χ1) is 7.34. The van der Waals surface area contributed by atoms with Crippen LogP contribution in [0.25, 0.3) is 0 Å². The minimum absolute atomic E-state index is 0.537. The number of anilines is 1. The van der Waals surface area contributed by atoms with E-state index in [0.717, 1.165) is 16.5 Å². The quantitative estimate of drug-likeness (QED) is 0.795. The van der Waals surface area contributed by atoms with Crippen LogP contribution in [0.15, 0.2) is 41.7 Å². The molecule has 0 radical (unpaired) electrons. The van der Waals surface area contributed by atoms with Crippen molar-refractivity contribution in [1.29, 1.82) is 0 Å². The maximum atomic E-state index is 5.49. The SMILES string of the molecule is Nc1ccc(SCc2ncccn2)cn1. The summed E-state index contributed by atoms with van der Waals surface area (Å²) in [6, 6.07) is 5.53. The monoisotopic (exact) mass is 218 g/mol. The molecule has 0 amide bonds. The first-order valence-electron chi connectivity index (χ1n) is 4.45. The largest absolute Gasteiger partial charge is 0.384 e. The van der Waals surface area contributed by atoms with E-state index in [1.165, 1.54) is 0 Å². The van der Waals surface area contributed by atoms with E-state index in [4.69, 9.17) is 5.73 Å². The zero-order valence-corrected chi connectivity index (χ0v) is 8.81. The second-order valence-corrected chi connectivity index (χ2v) is 3.92. The molecule has 15 heavy (non-hydrogen) atoms. The van der Waals surface area contributed by atoms with Gasteiger partial charge in [-0.3, -0.25) is 0 Å². The summed E-state index contributed by atoms with van der Waals surface area (Å²) >= 11 is 1.64. The Labute approximate surface area is 92.0 Å². The number of hydrogen-bond acceptors (Lipinski definition) is 5.